The van der Waals surface area contributed by atoms with Crippen molar-refractivity contribution < 1.29 is 14.8 Å². The zero-order valence-corrected chi connectivity index (χ0v) is 10.7. The predicted molar refractivity (Wildman–Crippen MR) is 75.1 cm³/mol. The molecular weight excluding hydrogens is 274 g/mol. The highest BCUT2D eigenvalue weighted by molar-refractivity contribution is 5.87. The molecule has 1 N–H and O–H groups in total. The minimum atomic E-state index is -1.24. The predicted octanol–water partition coefficient (Wildman–Crippen LogP) is 1.40. The fraction of sp³-hybridized carbons (Fsp3) is 0. The molecule has 106 valence electrons. The topological polar surface area (TPSA) is 108 Å². The third-order valence-corrected chi connectivity index (χ3v) is 2.61. The summed E-state index contributed by atoms with van der Waals surface area (Å²) in [7, 11) is 0. The third-order valence-electron chi connectivity index (χ3n) is 2.61. The first kappa shape index (κ1) is 14.2. The van der Waals surface area contributed by atoms with Gasteiger partial charge in [-0.3, -0.25) is 15.5 Å². The monoisotopic (exact) mass is 284 g/mol. The van der Waals surface area contributed by atoms with Crippen LogP contribution < -0.4 is 10.5 Å². The zero-order valence-electron chi connectivity index (χ0n) is 10.7. The maximum Gasteiger partial charge on any atom is 0.271 e. The number of nitro benzene ring substituents is 1. The Balaban J connectivity index is 2.03. The Hall–Kier alpha value is -3.22. The fourth-order valence-corrected chi connectivity index (χ4v) is 1.58. The summed E-state index contributed by atoms with van der Waals surface area (Å²) < 4.78 is 0. The van der Waals surface area contributed by atoms with Crippen molar-refractivity contribution in [3.05, 3.63) is 69.8 Å². The first-order valence-corrected chi connectivity index (χ1v) is 5.91. The zero-order chi connectivity index (χ0) is 15.2. The van der Waals surface area contributed by atoms with E-state index in [1.54, 1.807) is 24.3 Å². The lowest BCUT2D eigenvalue weighted by Gasteiger charge is -2.02. The molecule has 0 saturated heterocycles. The number of carbonyl (C=O) groups excluding carboxylic acids is 1. The number of benzene rings is 2. The minimum absolute atomic E-state index is 0.0338. The van der Waals surface area contributed by atoms with Gasteiger partial charge >= 0.3 is 0 Å². The van der Waals surface area contributed by atoms with E-state index in [0.717, 1.165) is 0 Å². The molecule has 0 aliphatic heterocycles. The number of carboxylic acid groups (broad SMARTS) is 1. The number of carboxylic acids is 1. The molecule has 7 heteroatoms. The lowest BCUT2D eigenvalue weighted by atomic mass is 10.1. The summed E-state index contributed by atoms with van der Waals surface area (Å²) in [6, 6.07) is 11.9. The first-order valence-electron chi connectivity index (χ1n) is 5.91. The summed E-state index contributed by atoms with van der Waals surface area (Å²) in [6.07, 6.45) is 1.47. The molecule has 0 amide bonds. The van der Waals surface area contributed by atoms with Crippen LogP contribution in [0.3, 0.4) is 0 Å². The van der Waals surface area contributed by atoms with E-state index >= 15 is 0 Å². The van der Waals surface area contributed by atoms with Crippen molar-refractivity contribution in [2.75, 3.05) is 5.43 Å². The quantitative estimate of drug-likeness (QED) is 0.507. The van der Waals surface area contributed by atoms with Gasteiger partial charge in [-0.2, -0.15) is 5.10 Å². The molecule has 0 aromatic heterocycles. The van der Waals surface area contributed by atoms with E-state index in [1.165, 1.54) is 30.5 Å². The SMILES string of the molecule is O=C([O-])c1ccc(/C=N\Nc2cccc([N+](=O)[O-])c2)cc1. The molecule has 0 unspecified atom stereocenters. The number of non-ortho nitro benzene ring substituents is 1. The Bertz CT molecular complexity index is 696. The Morgan fingerprint density at radius 1 is 1.19 bits per heavy atom. The molecule has 0 aliphatic rings. The minimum Gasteiger partial charge on any atom is -0.545 e. The summed E-state index contributed by atoms with van der Waals surface area (Å²) in [5.41, 5.74) is 3.87. The summed E-state index contributed by atoms with van der Waals surface area (Å²) in [5, 5.41) is 25.1. The second kappa shape index (κ2) is 6.29. The van der Waals surface area contributed by atoms with Gasteiger partial charge < -0.3 is 9.90 Å². The van der Waals surface area contributed by atoms with Crippen molar-refractivity contribution in [1.29, 1.82) is 0 Å². The van der Waals surface area contributed by atoms with Crippen LogP contribution in [0.1, 0.15) is 15.9 Å². The van der Waals surface area contributed by atoms with Gasteiger partial charge in [0.15, 0.2) is 0 Å². The summed E-state index contributed by atoms with van der Waals surface area (Å²) in [6.45, 7) is 0. The molecule has 0 heterocycles. The number of anilines is 1. The van der Waals surface area contributed by atoms with Crippen LogP contribution in [0, 0.1) is 10.1 Å². The highest BCUT2D eigenvalue weighted by Gasteiger charge is 2.04. The van der Waals surface area contributed by atoms with Gasteiger partial charge in [-0.1, -0.05) is 30.3 Å². The summed E-state index contributed by atoms with van der Waals surface area (Å²) in [5.74, 6) is -1.24. The third kappa shape index (κ3) is 3.87. The fourth-order valence-electron chi connectivity index (χ4n) is 1.58. The van der Waals surface area contributed by atoms with Crippen molar-refractivity contribution in [3.8, 4) is 0 Å². The van der Waals surface area contributed by atoms with Crippen molar-refractivity contribution in [2.45, 2.75) is 0 Å². The van der Waals surface area contributed by atoms with Gasteiger partial charge in [0, 0.05) is 12.1 Å². The van der Waals surface area contributed by atoms with Gasteiger partial charge in [0.05, 0.1) is 22.8 Å². The summed E-state index contributed by atoms with van der Waals surface area (Å²) >= 11 is 0. The number of aromatic carboxylic acids is 1. The molecule has 2 aromatic carbocycles. The number of hydrogen-bond acceptors (Lipinski definition) is 6. The lowest BCUT2D eigenvalue weighted by molar-refractivity contribution is -0.384. The molecular formula is C14H10N3O4-. The average molecular weight is 284 g/mol. The lowest BCUT2D eigenvalue weighted by Crippen LogP contribution is -2.21. The number of nitrogens with one attached hydrogen (secondary N) is 1. The highest BCUT2D eigenvalue weighted by atomic mass is 16.6. The highest BCUT2D eigenvalue weighted by Crippen LogP contribution is 2.16. The molecule has 0 aliphatic carbocycles. The number of hydrogen-bond donors (Lipinski definition) is 1. The smallest absolute Gasteiger partial charge is 0.271 e. The molecule has 2 rings (SSSR count). The van der Waals surface area contributed by atoms with Gasteiger partial charge in [0.1, 0.15) is 0 Å². The van der Waals surface area contributed by atoms with Crippen LogP contribution in [0.4, 0.5) is 11.4 Å². The van der Waals surface area contributed by atoms with E-state index < -0.39 is 10.9 Å². The largest absolute Gasteiger partial charge is 0.545 e. The van der Waals surface area contributed by atoms with Crippen LogP contribution in [0.25, 0.3) is 0 Å². The molecule has 0 radical (unpaired) electrons. The summed E-state index contributed by atoms with van der Waals surface area (Å²) in [4.78, 5) is 20.7. The van der Waals surface area contributed by atoms with Crippen LogP contribution in [0.15, 0.2) is 53.6 Å². The van der Waals surface area contributed by atoms with Crippen LogP contribution in [-0.4, -0.2) is 17.1 Å². The molecule has 7 nitrogen and oxygen atoms in total. The Morgan fingerprint density at radius 3 is 2.52 bits per heavy atom. The standard InChI is InChI=1S/C14H11N3O4/c18-14(19)11-6-4-10(5-7-11)9-15-16-12-2-1-3-13(8-12)17(20)21/h1-9,16H,(H,18,19)/p-1/b15-9-. The molecule has 0 fully saturated rings. The van der Waals surface area contributed by atoms with Crippen LogP contribution in [0.2, 0.25) is 0 Å². The molecule has 0 saturated carbocycles. The van der Waals surface area contributed by atoms with Gasteiger partial charge in [-0.05, 0) is 17.2 Å². The maximum atomic E-state index is 10.6. The van der Waals surface area contributed by atoms with E-state index in [-0.39, 0.29) is 11.3 Å². The average Bonchev–Trinajstić information content (AvgIpc) is 2.48. The van der Waals surface area contributed by atoms with Gasteiger partial charge in [0.25, 0.3) is 5.69 Å². The number of carbonyl (C=O) groups is 1. The number of nitro groups is 1. The van der Waals surface area contributed by atoms with Crippen LogP contribution in [-0.2, 0) is 0 Å². The van der Waals surface area contributed by atoms with Crippen molar-refractivity contribution in [2.24, 2.45) is 5.10 Å². The van der Waals surface area contributed by atoms with Crippen molar-refractivity contribution in [1.82, 2.24) is 0 Å². The van der Waals surface area contributed by atoms with Gasteiger partial charge in [-0.15, -0.1) is 0 Å². The number of rotatable bonds is 5. The van der Waals surface area contributed by atoms with Crippen molar-refractivity contribution >= 4 is 23.6 Å². The number of nitrogens with zero attached hydrogens (tertiary/aromatic N) is 2. The molecule has 0 atom stereocenters. The van der Waals surface area contributed by atoms with Crippen molar-refractivity contribution in [3.63, 3.8) is 0 Å². The molecule has 21 heavy (non-hydrogen) atoms. The Kier molecular flexibility index (Phi) is 4.25. The normalized spacial score (nSPS) is 10.5. The van der Waals surface area contributed by atoms with E-state index in [0.29, 0.717) is 11.3 Å². The van der Waals surface area contributed by atoms with Gasteiger partial charge in [-0.25, -0.2) is 0 Å². The Labute approximate surface area is 119 Å². The second-order valence-corrected chi connectivity index (χ2v) is 4.09. The Morgan fingerprint density at radius 2 is 1.90 bits per heavy atom. The van der Waals surface area contributed by atoms with E-state index in [1.807, 2.05) is 0 Å². The van der Waals surface area contributed by atoms with E-state index in [2.05, 4.69) is 10.5 Å². The molecule has 0 spiro atoms. The van der Waals surface area contributed by atoms with Crippen LogP contribution >= 0.6 is 0 Å². The molecule has 2 aromatic rings. The molecule has 0 bridgehead atoms. The number of hydrazone groups is 1. The second-order valence-electron chi connectivity index (χ2n) is 4.09. The van der Waals surface area contributed by atoms with Crippen LogP contribution in [0.5, 0.6) is 0 Å². The van der Waals surface area contributed by atoms with E-state index in [4.69, 9.17) is 0 Å². The van der Waals surface area contributed by atoms with E-state index in [9.17, 15) is 20.0 Å². The first-order chi connectivity index (χ1) is 10.1. The van der Waals surface area contributed by atoms with Gasteiger partial charge in [0.2, 0.25) is 0 Å². The maximum absolute atomic E-state index is 10.6.